The topological polar surface area (TPSA) is 26.3 Å². The van der Waals surface area contributed by atoms with Gasteiger partial charge in [0.2, 0.25) is 0 Å². The molecule has 0 spiro atoms. The Labute approximate surface area is 152 Å². The minimum Gasteiger partial charge on any atom is -0.423 e. The molecule has 0 heterocycles. The highest BCUT2D eigenvalue weighted by molar-refractivity contribution is 5.75. The molecule has 0 saturated heterocycles. The maximum atomic E-state index is 14.2. The van der Waals surface area contributed by atoms with E-state index in [-0.39, 0.29) is 17.6 Å². The van der Waals surface area contributed by atoms with Crippen LogP contribution < -0.4 is 4.74 Å². The number of halogens is 1. The molecule has 0 atom stereocenters. The van der Waals surface area contributed by atoms with Gasteiger partial charge in [-0.2, -0.15) is 0 Å². The van der Waals surface area contributed by atoms with Gasteiger partial charge in [-0.25, -0.2) is 4.39 Å². The highest BCUT2D eigenvalue weighted by atomic mass is 19.1. The van der Waals surface area contributed by atoms with Crippen molar-refractivity contribution in [2.45, 2.75) is 84.5 Å². The average Bonchev–Trinajstić information content (AvgIpc) is 2.62. The molecule has 0 aromatic heterocycles. The first-order chi connectivity index (χ1) is 12.1. The van der Waals surface area contributed by atoms with Crippen LogP contribution in [-0.2, 0) is 11.2 Å². The average molecular weight is 349 g/mol. The van der Waals surface area contributed by atoms with Gasteiger partial charge in [0.15, 0.2) is 11.6 Å². The lowest BCUT2D eigenvalue weighted by Gasteiger charge is -2.27. The van der Waals surface area contributed by atoms with E-state index in [4.69, 9.17) is 4.74 Å². The predicted octanol–water partition coefficient (Wildman–Crippen LogP) is 6.46. The zero-order valence-corrected chi connectivity index (χ0v) is 15.9. The van der Waals surface area contributed by atoms with Crippen molar-refractivity contribution in [1.29, 1.82) is 0 Å². The maximum absolute atomic E-state index is 14.2. The molecule has 1 fully saturated rings. The second-order valence-electron chi connectivity index (χ2n) is 7.50. The van der Waals surface area contributed by atoms with E-state index < -0.39 is 5.82 Å². The number of benzene rings is 1. The van der Waals surface area contributed by atoms with Crippen molar-refractivity contribution in [1.82, 2.24) is 0 Å². The normalized spacial score (nSPS) is 20.4. The van der Waals surface area contributed by atoms with E-state index in [1.165, 1.54) is 25.3 Å². The van der Waals surface area contributed by atoms with Gasteiger partial charge in [0.25, 0.3) is 0 Å². The van der Waals surface area contributed by atoms with Crippen LogP contribution >= 0.6 is 0 Å². The number of unbranched alkanes of at least 4 members (excludes halogenated alkanes) is 3. The summed E-state index contributed by atoms with van der Waals surface area (Å²) in [5, 5.41) is 0. The van der Waals surface area contributed by atoms with Gasteiger partial charge in [-0.05, 0) is 62.1 Å². The van der Waals surface area contributed by atoms with E-state index in [9.17, 15) is 9.18 Å². The number of carbonyl (C=O) groups excluding carboxylic acids is 1. The van der Waals surface area contributed by atoms with Gasteiger partial charge in [0, 0.05) is 0 Å². The minimum absolute atomic E-state index is 0.0680. The molecule has 2 rings (SSSR count). The molecule has 1 aliphatic carbocycles. The van der Waals surface area contributed by atoms with Gasteiger partial charge >= 0.3 is 5.97 Å². The highest BCUT2D eigenvalue weighted by Crippen LogP contribution is 2.33. The van der Waals surface area contributed by atoms with E-state index in [2.05, 4.69) is 13.8 Å². The largest absolute Gasteiger partial charge is 0.423 e. The van der Waals surface area contributed by atoms with Crippen LogP contribution in [0.5, 0.6) is 5.75 Å². The molecule has 25 heavy (non-hydrogen) atoms. The number of aryl methyl sites for hydroxylation is 1. The molecule has 0 unspecified atom stereocenters. The Morgan fingerprint density at radius 1 is 1.08 bits per heavy atom. The molecular formula is C22H33FO2. The highest BCUT2D eigenvalue weighted by Gasteiger charge is 2.28. The lowest BCUT2D eigenvalue weighted by atomic mass is 9.80. The third kappa shape index (κ3) is 6.45. The van der Waals surface area contributed by atoms with Crippen molar-refractivity contribution in [2.24, 2.45) is 11.8 Å². The summed E-state index contributed by atoms with van der Waals surface area (Å²) in [6, 6.07) is 5.00. The zero-order chi connectivity index (χ0) is 18.1. The van der Waals surface area contributed by atoms with Crippen molar-refractivity contribution in [3.05, 3.63) is 29.6 Å². The van der Waals surface area contributed by atoms with Crippen LogP contribution in [0, 0.1) is 17.7 Å². The van der Waals surface area contributed by atoms with Crippen LogP contribution in [0.3, 0.4) is 0 Å². The molecule has 0 bridgehead atoms. The fraction of sp³-hybridized carbons (Fsp3) is 0.682. The van der Waals surface area contributed by atoms with Crippen LogP contribution in [0.1, 0.15) is 83.6 Å². The Balaban J connectivity index is 1.82. The quantitative estimate of drug-likeness (QED) is 0.291. The van der Waals surface area contributed by atoms with Crippen LogP contribution in [0.25, 0.3) is 0 Å². The zero-order valence-electron chi connectivity index (χ0n) is 15.9. The summed E-state index contributed by atoms with van der Waals surface area (Å²) in [4.78, 5) is 12.3. The van der Waals surface area contributed by atoms with Crippen molar-refractivity contribution in [3.63, 3.8) is 0 Å². The summed E-state index contributed by atoms with van der Waals surface area (Å²) in [5.41, 5.74) is 0.974. The Morgan fingerprint density at radius 2 is 1.80 bits per heavy atom. The SMILES string of the molecule is CCCCCc1ccc(OC(=O)C2CCC(CCCC)CC2)c(F)c1. The van der Waals surface area contributed by atoms with Crippen molar-refractivity contribution in [3.8, 4) is 5.75 Å². The smallest absolute Gasteiger partial charge is 0.314 e. The van der Waals surface area contributed by atoms with Crippen molar-refractivity contribution in [2.75, 3.05) is 0 Å². The molecule has 2 nitrogen and oxygen atoms in total. The summed E-state index contributed by atoms with van der Waals surface area (Å²) in [6.07, 6.45) is 12.0. The molecule has 1 saturated carbocycles. The van der Waals surface area contributed by atoms with E-state index in [1.54, 1.807) is 6.07 Å². The second kappa shape index (κ2) is 10.6. The first-order valence-corrected chi connectivity index (χ1v) is 10.1. The lowest BCUT2D eigenvalue weighted by molar-refractivity contribution is -0.140. The summed E-state index contributed by atoms with van der Waals surface area (Å²) < 4.78 is 19.6. The summed E-state index contributed by atoms with van der Waals surface area (Å²) in [5.74, 6) is 0.0903. The standard InChI is InChI=1S/C22H33FO2/c1-3-5-7-9-18-12-15-21(20(23)16-18)25-22(24)19-13-10-17(11-14-19)8-6-4-2/h12,15-17,19H,3-11,13-14H2,1-2H3. The summed E-state index contributed by atoms with van der Waals surface area (Å²) in [7, 11) is 0. The van der Waals surface area contributed by atoms with Gasteiger partial charge in [-0.1, -0.05) is 52.0 Å². The molecule has 1 aromatic rings. The second-order valence-corrected chi connectivity index (χ2v) is 7.50. The lowest BCUT2D eigenvalue weighted by Crippen LogP contribution is -2.26. The van der Waals surface area contributed by atoms with E-state index >= 15 is 0 Å². The number of ether oxygens (including phenoxy) is 1. The Kier molecular flexibility index (Phi) is 8.43. The van der Waals surface area contributed by atoms with Gasteiger partial charge in [-0.15, -0.1) is 0 Å². The number of rotatable bonds is 9. The molecule has 1 aromatic carbocycles. The fourth-order valence-corrected chi connectivity index (χ4v) is 3.73. The number of carbonyl (C=O) groups is 1. The third-order valence-electron chi connectivity index (χ3n) is 5.42. The molecular weight excluding hydrogens is 315 g/mol. The molecule has 3 heteroatoms. The van der Waals surface area contributed by atoms with Crippen LogP contribution in [0.15, 0.2) is 18.2 Å². The fourth-order valence-electron chi connectivity index (χ4n) is 3.73. The number of hydrogen-bond acceptors (Lipinski definition) is 2. The number of hydrogen-bond donors (Lipinski definition) is 0. The Bertz CT molecular complexity index is 533. The monoisotopic (exact) mass is 348 g/mol. The molecule has 0 N–H and O–H groups in total. The van der Waals surface area contributed by atoms with Gasteiger partial charge in [-0.3, -0.25) is 4.79 Å². The molecule has 0 radical (unpaired) electrons. The van der Waals surface area contributed by atoms with Crippen LogP contribution in [0.2, 0.25) is 0 Å². The minimum atomic E-state index is -0.418. The molecule has 0 aliphatic heterocycles. The van der Waals surface area contributed by atoms with Gasteiger partial charge in [0.1, 0.15) is 0 Å². The Morgan fingerprint density at radius 3 is 2.44 bits per heavy atom. The van der Waals surface area contributed by atoms with E-state index in [0.717, 1.165) is 62.8 Å². The van der Waals surface area contributed by atoms with Crippen molar-refractivity contribution < 1.29 is 13.9 Å². The van der Waals surface area contributed by atoms with Crippen LogP contribution in [-0.4, -0.2) is 5.97 Å². The Hall–Kier alpha value is -1.38. The number of esters is 1. The van der Waals surface area contributed by atoms with E-state index in [0.29, 0.717) is 0 Å². The third-order valence-corrected chi connectivity index (χ3v) is 5.42. The predicted molar refractivity (Wildman–Crippen MR) is 100 cm³/mol. The summed E-state index contributed by atoms with van der Waals surface area (Å²) in [6.45, 7) is 4.37. The van der Waals surface area contributed by atoms with E-state index in [1.807, 2.05) is 6.07 Å². The van der Waals surface area contributed by atoms with Crippen LogP contribution in [0.4, 0.5) is 4.39 Å². The maximum Gasteiger partial charge on any atom is 0.314 e. The van der Waals surface area contributed by atoms with Gasteiger partial charge < -0.3 is 4.74 Å². The first-order valence-electron chi connectivity index (χ1n) is 10.1. The molecule has 1 aliphatic rings. The van der Waals surface area contributed by atoms with Gasteiger partial charge in [0.05, 0.1) is 5.92 Å². The molecule has 140 valence electrons. The first kappa shape index (κ1) is 19.9. The molecule has 0 amide bonds. The van der Waals surface area contributed by atoms with Crippen molar-refractivity contribution >= 4 is 5.97 Å². The summed E-state index contributed by atoms with van der Waals surface area (Å²) >= 11 is 0.